The van der Waals surface area contributed by atoms with Crippen LogP contribution in [0.5, 0.6) is 0 Å². The number of nitrogens with zero attached hydrogens (tertiary/aromatic N) is 1. The zero-order valence-corrected chi connectivity index (χ0v) is 17.7. The number of aromatic nitrogens is 1. The average Bonchev–Trinajstić information content (AvgIpc) is 3.29. The number of aryl methyl sites for hydroxylation is 1. The number of rotatable bonds is 7. The molecule has 2 heterocycles. The van der Waals surface area contributed by atoms with E-state index in [-0.39, 0.29) is 24.2 Å². The molecule has 0 radical (unpaired) electrons. The number of anilines is 1. The Morgan fingerprint density at radius 3 is 2.50 bits per heavy atom. The molecular weight excluding hydrogens is 390 g/mol. The molecular formula is C21H23N3O2S2. The lowest BCUT2D eigenvalue weighted by Crippen LogP contribution is -2.47. The monoisotopic (exact) mass is 413 g/mol. The second-order valence-electron chi connectivity index (χ2n) is 6.89. The van der Waals surface area contributed by atoms with E-state index in [2.05, 4.69) is 28.6 Å². The van der Waals surface area contributed by atoms with E-state index in [1.165, 1.54) is 16.2 Å². The highest BCUT2D eigenvalue weighted by atomic mass is 32.1. The maximum absolute atomic E-state index is 12.7. The molecule has 1 atom stereocenters. The first-order valence-electron chi connectivity index (χ1n) is 9.09. The third-order valence-electron chi connectivity index (χ3n) is 4.20. The van der Waals surface area contributed by atoms with Gasteiger partial charge in [-0.3, -0.25) is 9.59 Å². The smallest absolute Gasteiger partial charge is 0.248 e. The van der Waals surface area contributed by atoms with Crippen molar-refractivity contribution < 1.29 is 9.59 Å². The molecule has 0 spiro atoms. The van der Waals surface area contributed by atoms with Crippen molar-refractivity contribution in [3.05, 3.63) is 58.3 Å². The topological polar surface area (TPSA) is 71.1 Å². The minimum Gasteiger partial charge on any atom is -0.344 e. The van der Waals surface area contributed by atoms with Gasteiger partial charge in [0.1, 0.15) is 6.04 Å². The van der Waals surface area contributed by atoms with Gasteiger partial charge in [-0.2, -0.15) is 0 Å². The van der Waals surface area contributed by atoms with E-state index in [9.17, 15) is 9.59 Å². The summed E-state index contributed by atoms with van der Waals surface area (Å²) in [5.41, 5.74) is 1.77. The van der Waals surface area contributed by atoms with Gasteiger partial charge in [-0.25, -0.2) is 4.98 Å². The summed E-state index contributed by atoms with van der Waals surface area (Å²) in [4.78, 5) is 31.9. The Hall–Kier alpha value is -2.51. The van der Waals surface area contributed by atoms with Crippen LogP contribution in [0.15, 0.2) is 47.8 Å². The Labute approximate surface area is 172 Å². The van der Waals surface area contributed by atoms with E-state index in [1.807, 2.05) is 55.6 Å². The van der Waals surface area contributed by atoms with Crippen LogP contribution in [0.2, 0.25) is 0 Å². The number of thiophene rings is 1. The van der Waals surface area contributed by atoms with Gasteiger partial charge in [0.25, 0.3) is 0 Å². The molecule has 0 saturated carbocycles. The molecule has 0 aliphatic heterocycles. The predicted molar refractivity (Wildman–Crippen MR) is 116 cm³/mol. The Kier molecular flexibility index (Phi) is 6.59. The van der Waals surface area contributed by atoms with Crippen molar-refractivity contribution in [2.75, 3.05) is 5.32 Å². The van der Waals surface area contributed by atoms with Crippen LogP contribution in [-0.4, -0.2) is 22.8 Å². The Bertz CT molecular complexity index is 947. The molecule has 2 N–H and O–H groups in total. The first-order chi connectivity index (χ1) is 13.4. The van der Waals surface area contributed by atoms with Gasteiger partial charge in [0.2, 0.25) is 11.8 Å². The van der Waals surface area contributed by atoms with E-state index in [1.54, 1.807) is 11.3 Å². The van der Waals surface area contributed by atoms with Gasteiger partial charge < -0.3 is 10.6 Å². The van der Waals surface area contributed by atoms with Crippen molar-refractivity contribution in [3.8, 4) is 10.6 Å². The van der Waals surface area contributed by atoms with E-state index in [0.29, 0.717) is 5.13 Å². The average molecular weight is 414 g/mol. The van der Waals surface area contributed by atoms with E-state index in [4.69, 9.17) is 0 Å². The highest BCUT2D eigenvalue weighted by Gasteiger charge is 2.25. The Balaban J connectivity index is 1.63. The molecule has 146 valence electrons. The molecule has 0 aliphatic carbocycles. The molecule has 0 saturated heterocycles. The molecule has 2 aromatic heterocycles. The lowest BCUT2D eigenvalue weighted by molar-refractivity contribution is -0.127. The lowest BCUT2D eigenvalue weighted by atomic mass is 10.0. The number of benzene rings is 1. The summed E-state index contributed by atoms with van der Waals surface area (Å²) >= 11 is 3.05. The quantitative estimate of drug-likeness (QED) is 0.599. The van der Waals surface area contributed by atoms with Crippen LogP contribution in [-0.2, 0) is 16.0 Å². The van der Waals surface area contributed by atoms with Crippen LogP contribution in [0.4, 0.5) is 5.13 Å². The third-order valence-corrected chi connectivity index (χ3v) is 5.98. The number of amides is 2. The first-order valence-corrected chi connectivity index (χ1v) is 10.8. The Morgan fingerprint density at radius 1 is 1.11 bits per heavy atom. The van der Waals surface area contributed by atoms with Gasteiger partial charge in [-0.05, 0) is 30.5 Å². The first kappa shape index (κ1) is 20.2. The molecule has 1 aromatic carbocycles. The van der Waals surface area contributed by atoms with Gasteiger partial charge in [0, 0.05) is 10.3 Å². The van der Waals surface area contributed by atoms with Crippen LogP contribution < -0.4 is 10.6 Å². The molecule has 28 heavy (non-hydrogen) atoms. The molecule has 0 aliphatic rings. The molecule has 3 rings (SSSR count). The number of carbonyl (C=O) groups excluding carboxylic acids is 2. The number of hydrogen-bond donors (Lipinski definition) is 2. The largest absolute Gasteiger partial charge is 0.344 e. The van der Waals surface area contributed by atoms with Gasteiger partial charge >= 0.3 is 0 Å². The van der Waals surface area contributed by atoms with Gasteiger partial charge in [-0.15, -0.1) is 22.7 Å². The van der Waals surface area contributed by atoms with Crippen molar-refractivity contribution in [2.45, 2.75) is 33.2 Å². The molecule has 0 fully saturated rings. The number of nitrogens with one attached hydrogen (secondary N) is 2. The van der Waals surface area contributed by atoms with Crippen LogP contribution in [0.1, 0.15) is 24.3 Å². The highest BCUT2D eigenvalue weighted by molar-refractivity contribution is 7.17. The fourth-order valence-corrected chi connectivity index (χ4v) is 4.36. The molecule has 0 bridgehead atoms. The standard InChI is InChI=1S/C21H23N3O2S2/c1-13(2)19(23-18(25)11-15-7-5-4-6-8-15)20(26)24-21-22-16(12-27-21)17-10-9-14(3)28-17/h4-10,12-13,19H,11H2,1-3H3,(H,23,25)(H,22,24,26). The van der Waals surface area contributed by atoms with Gasteiger partial charge in [0.05, 0.1) is 17.0 Å². The summed E-state index contributed by atoms with van der Waals surface area (Å²) in [6, 6.07) is 12.9. The van der Waals surface area contributed by atoms with Gasteiger partial charge in [0.15, 0.2) is 5.13 Å². The fraction of sp³-hybridized carbons (Fsp3) is 0.286. The normalized spacial score (nSPS) is 12.0. The zero-order chi connectivity index (χ0) is 20.1. The van der Waals surface area contributed by atoms with Crippen molar-refractivity contribution in [2.24, 2.45) is 5.92 Å². The number of carbonyl (C=O) groups is 2. The van der Waals surface area contributed by atoms with Crippen LogP contribution in [0, 0.1) is 12.8 Å². The van der Waals surface area contributed by atoms with Crippen molar-refractivity contribution in [1.82, 2.24) is 10.3 Å². The number of thiazole rings is 1. The summed E-state index contributed by atoms with van der Waals surface area (Å²) in [5.74, 6) is -0.465. The van der Waals surface area contributed by atoms with E-state index < -0.39 is 6.04 Å². The van der Waals surface area contributed by atoms with Crippen molar-refractivity contribution in [1.29, 1.82) is 0 Å². The van der Waals surface area contributed by atoms with Crippen molar-refractivity contribution >= 4 is 39.6 Å². The van der Waals surface area contributed by atoms with E-state index in [0.717, 1.165) is 16.1 Å². The zero-order valence-electron chi connectivity index (χ0n) is 16.1. The highest BCUT2D eigenvalue weighted by Crippen LogP contribution is 2.30. The molecule has 2 amide bonds. The summed E-state index contributed by atoms with van der Waals surface area (Å²) < 4.78 is 0. The predicted octanol–water partition coefficient (Wildman–Crippen LogP) is 4.50. The van der Waals surface area contributed by atoms with Crippen molar-refractivity contribution in [3.63, 3.8) is 0 Å². The number of hydrogen-bond acceptors (Lipinski definition) is 5. The summed E-state index contributed by atoms with van der Waals surface area (Å²) in [6.45, 7) is 5.87. The second-order valence-corrected chi connectivity index (χ2v) is 9.04. The molecule has 5 nitrogen and oxygen atoms in total. The minimum atomic E-state index is -0.618. The SMILES string of the molecule is Cc1ccc(-c2csc(NC(=O)C(NC(=O)Cc3ccccc3)C(C)C)n2)s1. The maximum Gasteiger partial charge on any atom is 0.248 e. The summed E-state index contributed by atoms with van der Waals surface area (Å²) in [6.07, 6.45) is 0.246. The fourth-order valence-electron chi connectivity index (χ4n) is 2.74. The Morgan fingerprint density at radius 2 is 1.86 bits per heavy atom. The van der Waals surface area contributed by atoms with Crippen LogP contribution in [0.3, 0.4) is 0 Å². The van der Waals surface area contributed by atoms with E-state index >= 15 is 0 Å². The minimum absolute atomic E-state index is 0.0425. The molecule has 3 aromatic rings. The van der Waals surface area contributed by atoms with Gasteiger partial charge in [-0.1, -0.05) is 44.2 Å². The van der Waals surface area contributed by atoms with Crippen LogP contribution >= 0.6 is 22.7 Å². The second kappa shape index (κ2) is 9.12. The summed E-state index contributed by atoms with van der Waals surface area (Å²) in [7, 11) is 0. The molecule has 7 heteroatoms. The maximum atomic E-state index is 12.7. The summed E-state index contributed by atoms with van der Waals surface area (Å²) in [5, 5.41) is 8.17. The van der Waals surface area contributed by atoms with Crippen LogP contribution in [0.25, 0.3) is 10.6 Å². The molecule has 1 unspecified atom stereocenters. The lowest BCUT2D eigenvalue weighted by Gasteiger charge is -2.21. The third kappa shape index (κ3) is 5.27.